The fraction of sp³-hybridized carbons (Fsp3) is 0.286. The zero-order valence-corrected chi connectivity index (χ0v) is 28.6. The number of methoxy groups -OCH3 is 3. The first-order valence-electron chi connectivity index (χ1n) is 15.2. The molecule has 1 aromatic heterocycles. The molecule has 49 heavy (non-hydrogen) atoms. The van der Waals surface area contributed by atoms with Crippen molar-refractivity contribution in [3.8, 4) is 34.3 Å². The Balaban J connectivity index is 1.35. The summed E-state index contributed by atoms with van der Waals surface area (Å²) in [5, 5.41) is 8.07. The van der Waals surface area contributed by atoms with Crippen LogP contribution in [0.5, 0.6) is 23.0 Å². The highest BCUT2D eigenvalue weighted by Gasteiger charge is 2.63. The Morgan fingerprint density at radius 1 is 0.980 bits per heavy atom. The summed E-state index contributed by atoms with van der Waals surface area (Å²) >= 11 is 6.59. The Bertz CT molecular complexity index is 2090. The van der Waals surface area contributed by atoms with E-state index in [9.17, 15) is 22.8 Å². The van der Waals surface area contributed by atoms with Gasteiger partial charge in [-0.2, -0.15) is 0 Å². The Kier molecular flexibility index (Phi) is 8.94. The lowest BCUT2D eigenvalue weighted by molar-refractivity contribution is -0.120. The topological polar surface area (TPSA) is 173 Å². The molecule has 3 N–H and O–H groups in total. The van der Waals surface area contributed by atoms with Crippen LogP contribution in [0.4, 0.5) is 0 Å². The van der Waals surface area contributed by atoms with Crippen molar-refractivity contribution in [2.24, 2.45) is 11.1 Å². The number of nitrogens with two attached hydrogens (primary N) is 1. The van der Waals surface area contributed by atoms with E-state index in [1.807, 2.05) is 0 Å². The highest BCUT2D eigenvalue weighted by molar-refractivity contribution is 7.89. The molecule has 14 heteroatoms. The minimum atomic E-state index is -3.83. The summed E-state index contributed by atoms with van der Waals surface area (Å²) < 4.78 is 51.9. The maximum Gasteiger partial charge on any atom is 0.238 e. The van der Waals surface area contributed by atoms with Crippen LogP contribution in [-0.2, 0) is 34.1 Å². The highest BCUT2D eigenvalue weighted by Crippen LogP contribution is 2.54. The number of hydrogen-bond acceptors (Lipinski definition) is 10. The number of carbonyl (C=O) groups excluding carboxylic acids is 3. The van der Waals surface area contributed by atoms with Crippen molar-refractivity contribution in [2.75, 3.05) is 27.9 Å². The van der Waals surface area contributed by atoms with E-state index in [-0.39, 0.29) is 57.7 Å². The fourth-order valence-corrected chi connectivity index (χ4v) is 7.17. The number of benzene rings is 3. The molecule has 256 valence electrons. The molecule has 0 saturated heterocycles. The number of furan rings is 1. The smallest absolute Gasteiger partial charge is 0.238 e. The van der Waals surface area contributed by atoms with Crippen LogP contribution in [0.25, 0.3) is 11.3 Å². The number of halogens is 1. The molecule has 1 aliphatic heterocycles. The van der Waals surface area contributed by atoms with Gasteiger partial charge in [-0.05, 0) is 48.4 Å². The Labute approximate surface area is 287 Å². The average molecular weight is 709 g/mol. The van der Waals surface area contributed by atoms with Crippen molar-refractivity contribution in [2.45, 2.75) is 36.7 Å². The SMILES string of the molecule is COc1ccc(-c2oc3c(c2CC(=O)NCCc2ccc(S(N)(=O)=O)cc2)C(=O)[C@@]2(Oc4c(Cl)c(OC)cc(OC)c4C2=O)[C@H](C)C3)cc1. The van der Waals surface area contributed by atoms with Crippen molar-refractivity contribution in [1.82, 2.24) is 5.32 Å². The average Bonchev–Trinajstić information content (AvgIpc) is 3.60. The molecule has 2 heterocycles. The first kappa shape index (κ1) is 34.0. The minimum Gasteiger partial charge on any atom is -0.497 e. The normalized spacial score (nSPS) is 18.1. The van der Waals surface area contributed by atoms with Crippen LogP contribution in [-0.4, -0.2) is 59.4 Å². The molecule has 1 amide bonds. The fourth-order valence-electron chi connectivity index (χ4n) is 6.39. The second-order valence-electron chi connectivity index (χ2n) is 11.8. The van der Waals surface area contributed by atoms with Gasteiger partial charge in [0.25, 0.3) is 0 Å². The predicted molar refractivity (Wildman–Crippen MR) is 178 cm³/mol. The van der Waals surface area contributed by atoms with Crippen LogP contribution in [0.1, 0.15) is 44.5 Å². The standard InChI is InChI=1S/C35H33ClN2O10S/c1-18-15-25-28(33(40)35(18)34(41)29-24(45-3)17-26(46-4)30(36)32(29)48-35)23(31(47-25)20-7-9-21(44-2)10-8-20)16-27(39)38-14-13-19-5-11-22(12-6-19)49(37,42)43/h5-12,17-18H,13-16H2,1-4H3,(H,38,39)(H2,37,42,43)/t18-,35+/m1/s1. The van der Waals surface area contributed by atoms with Gasteiger partial charge in [0.15, 0.2) is 5.75 Å². The quantitative estimate of drug-likeness (QED) is 0.222. The van der Waals surface area contributed by atoms with Crippen LogP contribution >= 0.6 is 11.6 Å². The highest BCUT2D eigenvalue weighted by atomic mass is 35.5. The van der Waals surface area contributed by atoms with E-state index in [4.69, 9.17) is 40.1 Å². The molecular weight excluding hydrogens is 676 g/mol. The van der Waals surface area contributed by atoms with Crippen molar-refractivity contribution < 1.29 is 46.2 Å². The number of fused-ring (bicyclic) bond motifs is 2. The van der Waals surface area contributed by atoms with E-state index in [0.29, 0.717) is 34.8 Å². The zero-order valence-electron chi connectivity index (χ0n) is 27.0. The molecule has 1 spiro atoms. The number of ether oxygens (including phenoxy) is 4. The van der Waals surface area contributed by atoms with Crippen LogP contribution in [0.2, 0.25) is 5.02 Å². The summed E-state index contributed by atoms with van der Waals surface area (Å²) in [5.74, 6) is -0.771. The van der Waals surface area contributed by atoms with Crippen molar-refractivity contribution in [3.63, 3.8) is 0 Å². The molecule has 12 nitrogen and oxygen atoms in total. The van der Waals surface area contributed by atoms with Gasteiger partial charge in [0.2, 0.25) is 33.1 Å². The molecule has 0 saturated carbocycles. The van der Waals surface area contributed by atoms with E-state index < -0.39 is 39.0 Å². The van der Waals surface area contributed by atoms with Crippen LogP contribution < -0.4 is 29.4 Å². The molecule has 0 unspecified atom stereocenters. The number of nitrogens with one attached hydrogen (secondary N) is 1. The van der Waals surface area contributed by atoms with E-state index in [1.165, 1.54) is 39.5 Å². The van der Waals surface area contributed by atoms with Crippen molar-refractivity contribution in [3.05, 3.63) is 87.6 Å². The largest absolute Gasteiger partial charge is 0.497 e. The van der Waals surface area contributed by atoms with Gasteiger partial charge in [-0.1, -0.05) is 30.7 Å². The minimum absolute atomic E-state index is 0.0122. The summed E-state index contributed by atoms with van der Waals surface area (Å²) in [6.45, 7) is 1.94. The molecule has 1 aliphatic carbocycles. The first-order valence-corrected chi connectivity index (χ1v) is 17.2. The molecule has 0 bridgehead atoms. The Hall–Kier alpha value is -4.85. The second-order valence-corrected chi connectivity index (χ2v) is 13.7. The van der Waals surface area contributed by atoms with Crippen LogP contribution in [0.3, 0.4) is 0 Å². The lowest BCUT2D eigenvalue weighted by atomic mass is 9.70. The number of hydrogen-bond donors (Lipinski definition) is 2. The van der Waals surface area contributed by atoms with Gasteiger partial charge in [-0.15, -0.1) is 0 Å². The third-order valence-electron chi connectivity index (χ3n) is 8.93. The van der Waals surface area contributed by atoms with Gasteiger partial charge in [-0.25, -0.2) is 13.6 Å². The molecule has 6 rings (SSSR count). The Morgan fingerprint density at radius 2 is 1.63 bits per heavy atom. The number of primary sulfonamides is 1. The molecule has 0 fully saturated rings. The number of carbonyl (C=O) groups is 3. The number of ketones is 2. The summed E-state index contributed by atoms with van der Waals surface area (Å²) in [7, 11) is 0.511. The zero-order chi connectivity index (χ0) is 35.2. The first-order chi connectivity index (χ1) is 23.3. The maximum atomic E-state index is 14.7. The third kappa shape index (κ3) is 5.81. The van der Waals surface area contributed by atoms with E-state index in [1.54, 1.807) is 43.3 Å². The van der Waals surface area contributed by atoms with Crippen molar-refractivity contribution >= 4 is 39.1 Å². The van der Waals surface area contributed by atoms with Gasteiger partial charge in [0.05, 0.1) is 38.2 Å². The molecule has 3 aromatic carbocycles. The van der Waals surface area contributed by atoms with E-state index in [0.717, 1.165) is 5.56 Å². The molecule has 4 aromatic rings. The van der Waals surface area contributed by atoms with Gasteiger partial charge < -0.3 is 28.7 Å². The van der Waals surface area contributed by atoms with Gasteiger partial charge in [0, 0.05) is 36.1 Å². The molecule has 0 radical (unpaired) electrons. The predicted octanol–water partition coefficient (Wildman–Crippen LogP) is 4.56. The maximum absolute atomic E-state index is 14.7. The van der Waals surface area contributed by atoms with E-state index in [2.05, 4.69) is 5.32 Å². The number of rotatable bonds is 10. The lowest BCUT2D eigenvalue weighted by Gasteiger charge is -2.35. The number of Topliss-reactive ketones (excluding diaryl/α,β-unsaturated/α-hetero) is 2. The Morgan fingerprint density at radius 3 is 2.24 bits per heavy atom. The lowest BCUT2D eigenvalue weighted by Crippen LogP contribution is -2.56. The van der Waals surface area contributed by atoms with Gasteiger partial charge >= 0.3 is 0 Å². The molecular formula is C35H33ClN2O10S. The number of sulfonamides is 1. The molecule has 2 aliphatic rings. The van der Waals surface area contributed by atoms with Crippen molar-refractivity contribution in [1.29, 1.82) is 0 Å². The number of amides is 1. The molecule has 2 atom stereocenters. The monoisotopic (exact) mass is 708 g/mol. The second kappa shape index (κ2) is 12.9. The third-order valence-corrected chi connectivity index (χ3v) is 10.2. The van der Waals surface area contributed by atoms with Gasteiger partial charge in [0.1, 0.15) is 39.4 Å². The van der Waals surface area contributed by atoms with Crippen LogP contribution in [0.15, 0.2) is 63.9 Å². The summed E-state index contributed by atoms with van der Waals surface area (Å²) in [5.41, 5.74) is -0.185. The summed E-state index contributed by atoms with van der Waals surface area (Å²) in [6, 6.07) is 14.5. The summed E-state index contributed by atoms with van der Waals surface area (Å²) in [6.07, 6.45) is 0.300. The van der Waals surface area contributed by atoms with E-state index >= 15 is 0 Å². The summed E-state index contributed by atoms with van der Waals surface area (Å²) in [4.78, 5) is 42.4. The van der Waals surface area contributed by atoms with Gasteiger partial charge in [-0.3, -0.25) is 14.4 Å². The van der Waals surface area contributed by atoms with Crippen LogP contribution in [0, 0.1) is 5.92 Å².